The summed E-state index contributed by atoms with van der Waals surface area (Å²) in [5, 5.41) is 19.1. The minimum absolute atomic E-state index is 0.648. The Morgan fingerprint density at radius 3 is 2.68 bits per heavy atom. The lowest BCUT2D eigenvalue weighted by molar-refractivity contribution is 0.895. The van der Waals surface area contributed by atoms with Crippen molar-refractivity contribution in [2.45, 2.75) is 27.2 Å². The van der Waals surface area contributed by atoms with E-state index >= 15 is 0 Å². The van der Waals surface area contributed by atoms with E-state index in [0.717, 1.165) is 35.1 Å². The van der Waals surface area contributed by atoms with Gasteiger partial charge in [0.1, 0.15) is 17.7 Å². The summed E-state index contributed by atoms with van der Waals surface area (Å²) >= 11 is 0. The molecule has 0 fully saturated rings. The van der Waals surface area contributed by atoms with Crippen molar-refractivity contribution in [1.29, 1.82) is 5.26 Å². The van der Waals surface area contributed by atoms with Crippen molar-refractivity contribution in [3.63, 3.8) is 0 Å². The van der Waals surface area contributed by atoms with Crippen LogP contribution in [0.4, 0.5) is 5.82 Å². The Kier molecular flexibility index (Phi) is 3.76. The van der Waals surface area contributed by atoms with E-state index in [1.807, 2.05) is 26.8 Å². The summed E-state index contributed by atoms with van der Waals surface area (Å²) in [5.74, 6) is 2.38. The van der Waals surface area contributed by atoms with Gasteiger partial charge in [0.2, 0.25) is 0 Å². The molecule has 2 aromatic rings. The molecule has 2 heterocycles. The van der Waals surface area contributed by atoms with Crippen molar-refractivity contribution in [3.05, 3.63) is 34.5 Å². The van der Waals surface area contributed by atoms with Crippen LogP contribution in [0.1, 0.15) is 28.5 Å². The number of H-pyrrole nitrogens is 1. The van der Waals surface area contributed by atoms with Crippen LogP contribution in [-0.4, -0.2) is 26.7 Å². The zero-order valence-corrected chi connectivity index (χ0v) is 11.3. The van der Waals surface area contributed by atoms with Gasteiger partial charge in [-0.3, -0.25) is 5.10 Å². The standard InChI is InChI=1S/C13H16N6/c1-8-6-13(16-9(2)11(8)7-14)15-5-4-12-17-10(3)18-19-12/h6H,4-5H2,1-3H3,(H,15,16)(H,17,18,19). The summed E-state index contributed by atoms with van der Waals surface area (Å²) in [7, 11) is 0. The fourth-order valence-electron chi connectivity index (χ4n) is 1.89. The van der Waals surface area contributed by atoms with E-state index in [1.54, 1.807) is 0 Å². The predicted molar refractivity (Wildman–Crippen MR) is 71.7 cm³/mol. The number of aromatic nitrogens is 4. The lowest BCUT2D eigenvalue weighted by Gasteiger charge is -2.08. The van der Waals surface area contributed by atoms with Gasteiger partial charge in [0.05, 0.1) is 11.3 Å². The Balaban J connectivity index is 1.99. The van der Waals surface area contributed by atoms with Crippen LogP contribution in [0.15, 0.2) is 6.07 Å². The molecular weight excluding hydrogens is 240 g/mol. The van der Waals surface area contributed by atoms with Crippen molar-refractivity contribution < 1.29 is 0 Å². The number of nitriles is 1. The van der Waals surface area contributed by atoms with Gasteiger partial charge in [-0.25, -0.2) is 9.97 Å². The summed E-state index contributed by atoms with van der Waals surface area (Å²) < 4.78 is 0. The van der Waals surface area contributed by atoms with Crippen molar-refractivity contribution >= 4 is 5.82 Å². The molecule has 0 aromatic carbocycles. The molecule has 2 N–H and O–H groups in total. The molecule has 6 heteroatoms. The SMILES string of the molecule is Cc1nc(CCNc2cc(C)c(C#N)c(C)n2)n[nH]1. The van der Waals surface area contributed by atoms with Gasteiger partial charge in [-0.2, -0.15) is 10.4 Å². The molecule has 0 aliphatic carbocycles. The molecule has 2 aromatic heterocycles. The molecule has 0 saturated heterocycles. The van der Waals surface area contributed by atoms with Gasteiger partial charge >= 0.3 is 0 Å². The number of aryl methyl sites for hydroxylation is 3. The normalized spacial score (nSPS) is 10.2. The number of hydrogen-bond donors (Lipinski definition) is 2. The second-order valence-electron chi connectivity index (χ2n) is 4.41. The number of nitrogens with zero attached hydrogens (tertiary/aromatic N) is 4. The molecule has 2 rings (SSSR count). The van der Waals surface area contributed by atoms with Gasteiger partial charge in [-0.1, -0.05) is 0 Å². The Hall–Kier alpha value is -2.42. The van der Waals surface area contributed by atoms with Crippen molar-refractivity contribution in [1.82, 2.24) is 20.2 Å². The summed E-state index contributed by atoms with van der Waals surface area (Å²) in [4.78, 5) is 8.59. The number of hydrogen-bond acceptors (Lipinski definition) is 5. The predicted octanol–water partition coefficient (Wildman–Crippen LogP) is 1.65. The summed E-state index contributed by atoms with van der Waals surface area (Å²) in [6.07, 6.45) is 0.726. The first-order chi connectivity index (χ1) is 9.10. The summed E-state index contributed by atoms with van der Waals surface area (Å²) in [6.45, 7) is 6.33. The van der Waals surface area contributed by atoms with Crippen LogP contribution in [0.2, 0.25) is 0 Å². The topological polar surface area (TPSA) is 90.3 Å². The largest absolute Gasteiger partial charge is 0.370 e. The van der Waals surface area contributed by atoms with E-state index in [-0.39, 0.29) is 0 Å². The molecule has 0 bridgehead atoms. The minimum Gasteiger partial charge on any atom is -0.370 e. The van der Waals surface area contributed by atoms with Gasteiger partial charge in [0, 0.05) is 13.0 Å². The number of nitrogens with one attached hydrogen (secondary N) is 2. The molecule has 19 heavy (non-hydrogen) atoms. The third kappa shape index (κ3) is 3.07. The molecule has 0 radical (unpaired) electrons. The number of anilines is 1. The first-order valence-electron chi connectivity index (χ1n) is 6.10. The van der Waals surface area contributed by atoms with Gasteiger partial charge in [-0.15, -0.1) is 0 Å². The molecular formula is C13H16N6. The van der Waals surface area contributed by atoms with E-state index in [2.05, 4.69) is 31.6 Å². The maximum absolute atomic E-state index is 8.99. The van der Waals surface area contributed by atoms with Crippen molar-refractivity contribution in [3.8, 4) is 6.07 Å². The average Bonchev–Trinajstić information content (AvgIpc) is 2.75. The van der Waals surface area contributed by atoms with Crippen LogP contribution in [-0.2, 0) is 6.42 Å². The Labute approximate surface area is 111 Å². The Morgan fingerprint density at radius 2 is 2.11 bits per heavy atom. The maximum Gasteiger partial charge on any atom is 0.152 e. The lowest BCUT2D eigenvalue weighted by Crippen LogP contribution is -2.08. The monoisotopic (exact) mass is 256 g/mol. The molecule has 0 amide bonds. The van der Waals surface area contributed by atoms with Crippen LogP contribution in [0, 0.1) is 32.1 Å². The lowest BCUT2D eigenvalue weighted by atomic mass is 10.1. The third-order valence-electron chi connectivity index (χ3n) is 2.81. The molecule has 0 aliphatic rings. The highest BCUT2D eigenvalue weighted by Gasteiger charge is 2.06. The van der Waals surface area contributed by atoms with Crippen molar-refractivity contribution in [2.24, 2.45) is 0 Å². The van der Waals surface area contributed by atoms with Gasteiger partial charge in [0.15, 0.2) is 5.82 Å². The number of aromatic amines is 1. The first-order valence-corrected chi connectivity index (χ1v) is 6.10. The highest BCUT2D eigenvalue weighted by Crippen LogP contribution is 2.15. The van der Waals surface area contributed by atoms with Crippen LogP contribution < -0.4 is 5.32 Å². The molecule has 0 unspecified atom stereocenters. The molecule has 0 saturated carbocycles. The number of pyridine rings is 1. The summed E-state index contributed by atoms with van der Waals surface area (Å²) in [5.41, 5.74) is 2.33. The molecule has 0 spiro atoms. The van der Waals surface area contributed by atoms with Gasteiger partial charge in [-0.05, 0) is 32.4 Å². The fraction of sp³-hybridized carbons (Fsp3) is 0.385. The first kappa shape index (κ1) is 13.0. The van der Waals surface area contributed by atoms with E-state index in [9.17, 15) is 0 Å². The van der Waals surface area contributed by atoms with E-state index in [4.69, 9.17) is 5.26 Å². The minimum atomic E-state index is 0.648. The molecule has 6 nitrogen and oxygen atoms in total. The van der Waals surface area contributed by atoms with Crippen LogP contribution >= 0.6 is 0 Å². The smallest absolute Gasteiger partial charge is 0.152 e. The second-order valence-corrected chi connectivity index (χ2v) is 4.41. The highest BCUT2D eigenvalue weighted by atomic mass is 15.2. The average molecular weight is 256 g/mol. The molecule has 0 atom stereocenters. The fourth-order valence-corrected chi connectivity index (χ4v) is 1.89. The second kappa shape index (κ2) is 5.48. The third-order valence-corrected chi connectivity index (χ3v) is 2.81. The van der Waals surface area contributed by atoms with Crippen molar-refractivity contribution in [2.75, 3.05) is 11.9 Å². The van der Waals surface area contributed by atoms with E-state index in [1.165, 1.54) is 0 Å². The summed E-state index contributed by atoms with van der Waals surface area (Å²) in [6, 6.07) is 4.04. The quantitative estimate of drug-likeness (QED) is 0.868. The molecule has 0 aliphatic heterocycles. The zero-order valence-electron chi connectivity index (χ0n) is 11.3. The Morgan fingerprint density at radius 1 is 1.32 bits per heavy atom. The maximum atomic E-state index is 8.99. The number of rotatable bonds is 4. The molecule has 98 valence electrons. The van der Waals surface area contributed by atoms with Crippen LogP contribution in [0.25, 0.3) is 0 Å². The highest BCUT2D eigenvalue weighted by molar-refractivity contribution is 5.48. The van der Waals surface area contributed by atoms with Gasteiger partial charge < -0.3 is 5.32 Å². The Bertz CT molecular complexity index is 599. The van der Waals surface area contributed by atoms with Crippen LogP contribution in [0.5, 0.6) is 0 Å². The van der Waals surface area contributed by atoms with E-state index in [0.29, 0.717) is 12.1 Å². The van der Waals surface area contributed by atoms with Crippen LogP contribution in [0.3, 0.4) is 0 Å². The zero-order chi connectivity index (χ0) is 13.8. The van der Waals surface area contributed by atoms with Gasteiger partial charge in [0.25, 0.3) is 0 Å². The van der Waals surface area contributed by atoms with E-state index < -0.39 is 0 Å².